The van der Waals surface area contributed by atoms with Crippen molar-refractivity contribution in [1.29, 1.82) is 0 Å². The van der Waals surface area contributed by atoms with Crippen LogP contribution in [0.3, 0.4) is 0 Å². The fourth-order valence-corrected chi connectivity index (χ4v) is 2.27. The predicted molar refractivity (Wildman–Crippen MR) is 71.8 cm³/mol. The normalized spacial score (nSPS) is 23.9. The quantitative estimate of drug-likeness (QED) is 0.863. The van der Waals surface area contributed by atoms with Crippen molar-refractivity contribution in [3.8, 4) is 0 Å². The van der Waals surface area contributed by atoms with Gasteiger partial charge in [-0.1, -0.05) is 0 Å². The van der Waals surface area contributed by atoms with E-state index in [0.29, 0.717) is 0 Å². The molecule has 0 bridgehead atoms. The fraction of sp³-hybridized carbons (Fsp3) is 0.643. The number of alkyl carbamates (subject to hydrolysis) is 1. The summed E-state index contributed by atoms with van der Waals surface area (Å²) < 4.78 is 10.7. The zero-order valence-corrected chi connectivity index (χ0v) is 11.7. The summed E-state index contributed by atoms with van der Waals surface area (Å²) >= 11 is 0. The van der Waals surface area contributed by atoms with Gasteiger partial charge in [-0.2, -0.15) is 0 Å². The van der Waals surface area contributed by atoms with Crippen molar-refractivity contribution in [2.45, 2.75) is 51.3 Å². The molecule has 1 fully saturated rings. The van der Waals surface area contributed by atoms with Crippen LogP contribution < -0.4 is 10.6 Å². The largest absolute Gasteiger partial charge is 0.468 e. The molecule has 0 aromatic carbocycles. The standard InChI is InChI=1S/C14H22N2O3/c1-14(2,3)19-13(17)16-10-6-4-8-15-12(10)11-7-5-9-18-11/h5,7,9-10,12,15H,4,6,8H2,1-3H3,(H,16,17)/t10-,12-/m1/s1. The van der Waals surface area contributed by atoms with Crippen LogP contribution in [0.1, 0.15) is 45.4 Å². The molecular formula is C14H22N2O3. The second-order valence-electron chi connectivity index (χ2n) is 5.84. The Morgan fingerprint density at radius 1 is 1.53 bits per heavy atom. The van der Waals surface area contributed by atoms with Crippen molar-refractivity contribution < 1.29 is 13.9 Å². The van der Waals surface area contributed by atoms with Gasteiger partial charge in [0.2, 0.25) is 0 Å². The number of rotatable bonds is 2. The van der Waals surface area contributed by atoms with Crippen molar-refractivity contribution in [2.75, 3.05) is 6.54 Å². The van der Waals surface area contributed by atoms with E-state index < -0.39 is 5.60 Å². The molecule has 2 N–H and O–H groups in total. The van der Waals surface area contributed by atoms with Crippen LogP contribution in [0.15, 0.2) is 22.8 Å². The lowest BCUT2D eigenvalue weighted by Gasteiger charge is -2.32. The van der Waals surface area contributed by atoms with Crippen LogP contribution in [0.25, 0.3) is 0 Å². The molecule has 1 aromatic rings. The van der Waals surface area contributed by atoms with Crippen LogP contribution in [0.4, 0.5) is 4.79 Å². The van der Waals surface area contributed by atoms with Gasteiger partial charge in [-0.05, 0) is 52.3 Å². The molecule has 1 aliphatic heterocycles. The molecule has 0 radical (unpaired) electrons. The van der Waals surface area contributed by atoms with Gasteiger partial charge >= 0.3 is 6.09 Å². The van der Waals surface area contributed by atoms with Crippen molar-refractivity contribution >= 4 is 6.09 Å². The molecule has 2 heterocycles. The summed E-state index contributed by atoms with van der Waals surface area (Å²) in [6, 6.07) is 3.79. The molecule has 0 unspecified atom stereocenters. The molecule has 106 valence electrons. The summed E-state index contributed by atoms with van der Waals surface area (Å²) in [7, 11) is 0. The molecule has 0 spiro atoms. The Morgan fingerprint density at radius 2 is 2.32 bits per heavy atom. The number of carbonyl (C=O) groups excluding carboxylic acids is 1. The molecule has 1 aliphatic rings. The van der Waals surface area contributed by atoms with E-state index in [1.165, 1.54) is 0 Å². The van der Waals surface area contributed by atoms with Crippen molar-refractivity contribution in [1.82, 2.24) is 10.6 Å². The topological polar surface area (TPSA) is 63.5 Å². The highest BCUT2D eigenvalue weighted by Crippen LogP contribution is 2.24. The molecule has 0 saturated carbocycles. The van der Waals surface area contributed by atoms with Crippen molar-refractivity contribution in [2.24, 2.45) is 0 Å². The van der Waals surface area contributed by atoms with Gasteiger partial charge in [0.25, 0.3) is 0 Å². The first kappa shape index (κ1) is 13.9. The van der Waals surface area contributed by atoms with Gasteiger partial charge in [-0.3, -0.25) is 0 Å². The van der Waals surface area contributed by atoms with E-state index in [0.717, 1.165) is 25.1 Å². The Balaban J connectivity index is 1.98. The third-order valence-corrected chi connectivity index (χ3v) is 3.01. The Hall–Kier alpha value is -1.49. The van der Waals surface area contributed by atoms with Crippen LogP contribution in [0.2, 0.25) is 0 Å². The van der Waals surface area contributed by atoms with Crippen LogP contribution >= 0.6 is 0 Å². The highest BCUT2D eigenvalue weighted by atomic mass is 16.6. The minimum Gasteiger partial charge on any atom is -0.468 e. The van der Waals surface area contributed by atoms with E-state index in [4.69, 9.17) is 9.15 Å². The zero-order valence-electron chi connectivity index (χ0n) is 11.7. The van der Waals surface area contributed by atoms with Crippen LogP contribution in [-0.4, -0.2) is 24.3 Å². The Kier molecular flexibility index (Phi) is 4.14. The fourth-order valence-electron chi connectivity index (χ4n) is 2.27. The summed E-state index contributed by atoms with van der Waals surface area (Å²) in [4.78, 5) is 11.9. The van der Waals surface area contributed by atoms with Crippen LogP contribution in [0, 0.1) is 0 Å². The van der Waals surface area contributed by atoms with E-state index in [1.807, 2.05) is 32.9 Å². The highest BCUT2D eigenvalue weighted by molar-refractivity contribution is 5.68. The van der Waals surface area contributed by atoms with E-state index >= 15 is 0 Å². The molecule has 0 aliphatic carbocycles. The summed E-state index contributed by atoms with van der Waals surface area (Å²) in [5.74, 6) is 0.848. The number of furan rings is 1. The molecular weight excluding hydrogens is 244 g/mol. The number of carbonyl (C=O) groups is 1. The minimum atomic E-state index is -0.480. The number of amides is 1. The number of hydrogen-bond donors (Lipinski definition) is 2. The highest BCUT2D eigenvalue weighted by Gasteiger charge is 2.30. The molecule has 2 rings (SSSR count). The maximum Gasteiger partial charge on any atom is 0.407 e. The lowest BCUT2D eigenvalue weighted by molar-refractivity contribution is 0.0478. The molecule has 5 nitrogen and oxygen atoms in total. The average Bonchev–Trinajstić information content (AvgIpc) is 2.80. The number of ether oxygens (including phenoxy) is 1. The molecule has 1 saturated heterocycles. The van der Waals surface area contributed by atoms with Gasteiger partial charge in [0.05, 0.1) is 18.3 Å². The van der Waals surface area contributed by atoms with Gasteiger partial charge in [-0.15, -0.1) is 0 Å². The van der Waals surface area contributed by atoms with Crippen molar-refractivity contribution in [3.05, 3.63) is 24.2 Å². The lowest BCUT2D eigenvalue weighted by atomic mass is 9.96. The van der Waals surface area contributed by atoms with Gasteiger partial charge in [0, 0.05) is 0 Å². The van der Waals surface area contributed by atoms with Gasteiger partial charge < -0.3 is 19.8 Å². The second kappa shape index (κ2) is 5.65. The monoisotopic (exact) mass is 266 g/mol. The van der Waals surface area contributed by atoms with Crippen molar-refractivity contribution in [3.63, 3.8) is 0 Å². The van der Waals surface area contributed by atoms with E-state index in [9.17, 15) is 4.79 Å². The van der Waals surface area contributed by atoms with Gasteiger partial charge in [0.15, 0.2) is 0 Å². The molecule has 1 amide bonds. The third-order valence-electron chi connectivity index (χ3n) is 3.01. The molecule has 19 heavy (non-hydrogen) atoms. The number of nitrogens with one attached hydrogen (secondary N) is 2. The van der Waals surface area contributed by atoms with E-state index in [-0.39, 0.29) is 18.2 Å². The maximum absolute atomic E-state index is 11.9. The summed E-state index contributed by atoms with van der Waals surface area (Å²) in [5, 5.41) is 6.31. The van der Waals surface area contributed by atoms with E-state index in [1.54, 1.807) is 6.26 Å². The van der Waals surface area contributed by atoms with Gasteiger partial charge in [0.1, 0.15) is 11.4 Å². The Labute approximate surface area is 113 Å². The summed E-state index contributed by atoms with van der Waals surface area (Å²) in [6.07, 6.45) is 3.21. The lowest BCUT2D eigenvalue weighted by Crippen LogP contribution is -2.49. The van der Waals surface area contributed by atoms with Gasteiger partial charge in [-0.25, -0.2) is 4.79 Å². The smallest absolute Gasteiger partial charge is 0.407 e. The van der Waals surface area contributed by atoms with Crippen LogP contribution in [0.5, 0.6) is 0 Å². The maximum atomic E-state index is 11.9. The molecule has 1 aromatic heterocycles. The third kappa shape index (κ3) is 3.99. The summed E-state index contributed by atoms with van der Waals surface area (Å²) in [5.41, 5.74) is -0.480. The van der Waals surface area contributed by atoms with E-state index in [2.05, 4.69) is 10.6 Å². The van der Waals surface area contributed by atoms with Crippen LogP contribution in [-0.2, 0) is 4.74 Å². The first-order chi connectivity index (χ1) is 8.96. The second-order valence-corrected chi connectivity index (χ2v) is 5.84. The Bertz CT molecular complexity index is 409. The number of piperidine rings is 1. The SMILES string of the molecule is CC(C)(C)OC(=O)N[C@@H]1CCCN[C@H]1c1ccco1. The molecule has 5 heteroatoms. The summed E-state index contributed by atoms with van der Waals surface area (Å²) in [6.45, 7) is 6.50. The predicted octanol–water partition coefficient (Wildman–Crippen LogP) is 2.60. The average molecular weight is 266 g/mol. The molecule has 2 atom stereocenters. The zero-order chi connectivity index (χ0) is 13.9. The first-order valence-corrected chi connectivity index (χ1v) is 6.72. The minimum absolute atomic E-state index is 0.00486. The number of hydrogen-bond acceptors (Lipinski definition) is 4. The first-order valence-electron chi connectivity index (χ1n) is 6.72. The Morgan fingerprint density at radius 3 is 2.95 bits per heavy atom.